The largest absolute Gasteiger partial charge is 0.337 e. The number of rotatable bonds is 2. The Hall–Kier alpha value is -0.580. The fourth-order valence-corrected chi connectivity index (χ4v) is 4.36. The highest BCUT2D eigenvalue weighted by Crippen LogP contribution is 2.31. The van der Waals surface area contributed by atoms with Gasteiger partial charge in [0.2, 0.25) is 0 Å². The second-order valence-electron chi connectivity index (χ2n) is 5.64. The number of piperidine rings is 1. The van der Waals surface area contributed by atoms with Crippen LogP contribution in [-0.2, 0) is 12.8 Å². The molecular formula is C15H23ClN2OS. The maximum absolute atomic E-state index is 12.7. The first kappa shape index (κ1) is 15.8. The van der Waals surface area contributed by atoms with Crippen LogP contribution in [0, 0.1) is 0 Å². The van der Waals surface area contributed by atoms with E-state index in [4.69, 9.17) is 0 Å². The number of aryl methyl sites for hydroxylation is 1. The lowest BCUT2D eigenvalue weighted by molar-refractivity contribution is 0.0697. The molecule has 1 aromatic heterocycles. The van der Waals surface area contributed by atoms with Gasteiger partial charge in [-0.05, 0) is 51.1 Å². The number of thiophene rings is 1. The van der Waals surface area contributed by atoms with Crippen molar-refractivity contribution in [3.05, 3.63) is 21.4 Å². The molecule has 1 N–H and O–H groups in total. The predicted molar refractivity (Wildman–Crippen MR) is 86.2 cm³/mol. The van der Waals surface area contributed by atoms with E-state index in [0.29, 0.717) is 6.04 Å². The average molecular weight is 315 g/mol. The molecule has 3 rings (SSSR count). The van der Waals surface area contributed by atoms with Crippen LogP contribution >= 0.6 is 23.7 Å². The monoisotopic (exact) mass is 314 g/mol. The fraction of sp³-hybridized carbons (Fsp3) is 0.667. The summed E-state index contributed by atoms with van der Waals surface area (Å²) < 4.78 is 0. The molecule has 1 aliphatic carbocycles. The summed E-state index contributed by atoms with van der Waals surface area (Å²) in [7, 11) is 1.99. The van der Waals surface area contributed by atoms with Gasteiger partial charge in [0, 0.05) is 29.4 Å². The molecule has 5 heteroatoms. The zero-order chi connectivity index (χ0) is 13.2. The maximum atomic E-state index is 12.7. The molecule has 0 aromatic carbocycles. The normalized spacial score (nSPS) is 22.1. The summed E-state index contributed by atoms with van der Waals surface area (Å²) in [5.41, 5.74) is 2.35. The van der Waals surface area contributed by atoms with Gasteiger partial charge in [0.25, 0.3) is 5.91 Å². The smallest absolute Gasteiger partial charge is 0.255 e. The number of carbonyl (C=O) groups excluding carboxylic acids is 1. The van der Waals surface area contributed by atoms with Crippen molar-refractivity contribution in [1.82, 2.24) is 10.2 Å². The van der Waals surface area contributed by atoms with E-state index in [1.54, 1.807) is 11.3 Å². The lowest BCUT2D eigenvalue weighted by atomic mass is 9.95. The van der Waals surface area contributed by atoms with Crippen LogP contribution in [0.5, 0.6) is 0 Å². The SMILES string of the molecule is CNC1CCCN(C(=O)c2csc3c2CCCC3)C1.Cl. The summed E-state index contributed by atoms with van der Waals surface area (Å²) in [5.74, 6) is 0.263. The zero-order valence-electron chi connectivity index (χ0n) is 12.0. The van der Waals surface area contributed by atoms with Crippen molar-refractivity contribution < 1.29 is 4.79 Å². The Kier molecular flexibility index (Phi) is 5.47. The molecular weight excluding hydrogens is 292 g/mol. The van der Waals surface area contributed by atoms with Crippen molar-refractivity contribution in [1.29, 1.82) is 0 Å². The lowest BCUT2D eigenvalue weighted by Gasteiger charge is -2.32. The van der Waals surface area contributed by atoms with Gasteiger partial charge in [-0.1, -0.05) is 0 Å². The topological polar surface area (TPSA) is 32.3 Å². The van der Waals surface area contributed by atoms with E-state index in [1.165, 1.54) is 36.1 Å². The number of hydrogen-bond donors (Lipinski definition) is 1. The summed E-state index contributed by atoms with van der Waals surface area (Å²) in [5, 5.41) is 5.40. The van der Waals surface area contributed by atoms with Crippen molar-refractivity contribution in [2.45, 2.75) is 44.6 Å². The fourth-order valence-electron chi connectivity index (χ4n) is 3.24. The first-order chi connectivity index (χ1) is 9.29. The summed E-state index contributed by atoms with van der Waals surface area (Å²) in [4.78, 5) is 16.2. The number of likely N-dealkylation sites (tertiary alicyclic amines) is 1. The minimum Gasteiger partial charge on any atom is -0.337 e. The minimum absolute atomic E-state index is 0. The second kappa shape index (κ2) is 6.92. The number of fused-ring (bicyclic) bond motifs is 1. The van der Waals surface area contributed by atoms with Crippen LogP contribution in [0.15, 0.2) is 5.38 Å². The molecule has 2 heterocycles. The van der Waals surface area contributed by atoms with Crippen molar-refractivity contribution >= 4 is 29.7 Å². The molecule has 1 fully saturated rings. The van der Waals surface area contributed by atoms with Gasteiger partial charge in [-0.2, -0.15) is 0 Å². The highest BCUT2D eigenvalue weighted by atomic mass is 35.5. The van der Waals surface area contributed by atoms with E-state index in [2.05, 4.69) is 10.7 Å². The molecule has 0 saturated carbocycles. The molecule has 3 nitrogen and oxygen atoms in total. The Bertz CT molecular complexity index is 474. The number of nitrogens with zero attached hydrogens (tertiary/aromatic N) is 1. The van der Waals surface area contributed by atoms with Gasteiger partial charge in [-0.15, -0.1) is 23.7 Å². The van der Waals surface area contributed by atoms with E-state index >= 15 is 0 Å². The first-order valence-corrected chi connectivity index (χ1v) is 8.23. The summed E-state index contributed by atoms with van der Waals surface area (Å²) >= 11 is 1.79. The molecule has 1 saturated heterocycles. The Labute approximate surface area is 131 Å². The van der Waals surface area contributed by atoms with E-state index in [9.17, 15) is 4.79 Å². The van der Waals surface area contributed by atoms with Gasteiger partial charge >= 0.3 is 0 Å². The third-order valence-electron chi connectivity index (χ3n) is 4.41. The molecule has 1 aliphatic heterocycles. The molecule has 1 amide bonds. The van der Waals surface area contributed by atoms with Crippen LogP contribution < -0.4 is 5.32 Å². The number of amides is 1. The predicted octanol–water partition coefficient (Wildman–Crippen LogP) is 2.87. The van der Waals surface area contributed by atoms with Crippen LogP contribution in [0.3, 0.4) is 0 Å². The average Bonchev–Trinajstić information content (AvgIpc) is 2.90. The molecule has 2 aliphatic rings. The lowest BCUT2D eigenvalue weighted by Crippen LogP contribution is -2.47. The van der Waals surface area contributed by atoms with Gasteiger partial charge in [0.05, 0.1) is 5.56 Å². The number of halogens is 1. The molecule has 112 valence electrons. The number of carbonyl (C=O) groups is 1. The quantitative estimate of drug-likeness (QED) is 0.910. The molecule has 0 spiro atoms. The Morgan fingerprint density at radius 2 is 2.15 bits per heavy atom. The van der Waals surface area contributed by atoms with Crippen LogP contribution in [0.1, 0.15) is 46.5 Å². The number of hydrogen-bond acceptors (Lipinski definition) is 3. The van der Waals surface area contributed by atoms with Crippen molar-refractivity contribution in [2.24, 2.45) is 0 Å². The molecule has 20 heavy (non-hydrogen) atoms. The van der Waals surface area contributed by atoms with Crippen molar-refractivity contribution in [3.63, 3.8) is 0 Å². The minimum atomic E-state index is 0. The Morgan fingerprint density at radius 3 is 2.95 bits per heavy atom. The van der Waals surface area contributed by atoms with Crippen LogP contribution in [0.25, 0.3) is 0 Å². The maximum Gasteiger partial charge on any atom is 0.255 e. The van der Waals surface area contributed by atoms with E-state index in [1.807, 2.05) is 11.9 Å². The molecule has 1 aromatic rings. The van der Waals surface area contributed by atoms with Gasteiger partial charge < -0.3 is 10.2 Å². The van der Waals surface area contributed by atoms with Crippen LogP contribution in [0.4, 0.5) is 0 Å². The van der Waals surface area contributed by atoms with Crippen molar-refractivity contribution in [3.8, 4) is 0 Å². The molecule has 1 atom stereocenters. The molecule has 0 radical (unpaired) electrons. The van der Waals surface area contributed by atoms with Gasteiger partial charge in [-0.25, -0.2) is 0 Å². The van der Waals surface area contributed by atoms with E-state index < -0.39 is 0 Å². The Balaban J connectivity index is 0.00000147. The van der Waals surface area contributed by atoms with Crippen LogP contribution in [0.2, 0.25) is 0 Å². The van der Waals surface area contributed by atoms with Gasteiger partial charge in [-0.3, -0.25) is 4.79 Å². The first-order valence-electron chi connectivity index (χ1n) is 7.35. The molecule has 1 unspecified atom stereocenters. The summed E-state index contributed by atoms with van der Waals surface area (Å²) in [6, 6.07) is 0.465. The van der Waals surface area contributed by atoms with E-state index in [-0.39, 0.29) is 18.3 Å². The third kappa shape index (κ3) is 3.02. The summed E-state index contributed by atoms with van der Waals surface area (Å²) in [6.45, 7) is 1.78. The standard InChI is InChI=1S/C15H22N2OS.ClH/c1-16-11-5-4-8-17(9-11)15(18)13-10-19-14-7-3-2-6-12(13)14;/h10-11,16H,2-9H2,1H3;1H. The van der Waals surface area contributed by atoms with Crippen molar-refractivity contribution in [2.75, 3.05) is 20.1 Å². The highest BCUT2D eigenvalue weighted by Gasteiger charge is 2.27. The summed E-state index contributed by atoms with van der Waals surface area (Å²) in [6.07, 6.45) is 7.09. The highest BCUT2D eigenvalue weighted by molar-refractivity contribution is 7.10. The number of likely N-dealkylation sites (N-methyl/N-ethyl adjacent to an activating group) is 1. The van der Waals surface area contributed by atoms with Gasteiger partial charge in [0.1, 0.15) is 0 Å². The third-order valence-corrected chi connectivity index (χ3v) is 5.50. The Morgan fingerprint density at radius 1 is 1.35 bits per heavy atom. The number of nitrogens with one attached hydrogen (secondary N) is 1. The molecule has 0 bridgehead atoms. The second-order valence-corrected chi connectivity index (χ2v) is 6.60. The zero-order valence-corrected chi connectivity index (χ0v) is 13.6. The van der Waals surface area contributed by atoms with Gasteiger partial charge in [0.15, 0.2) is 0 Å². The van der Waals surface area contributed by atoms with E-state index in [0.717, 1.165) is 31.5 Å². The van der Waals surface area contributed by atoms with Crippen LogP contribution in [-0.4, -0.2) is 37.0 Å².